The number of amides is 1. The Kier molecular flexibility index (Phi) is 11.7. The Hall–Kier alpha value is -1.55. The van der Waals surface area contributed by atoms with Crippen molar-refractivity contribution in [3.8, 4) is 0 Å². The fourth-order valence-corrected chi connectivity index (χ4v) is 3.86. The van der Waals surface area contributed by atoms with Gasteiger partial charge in [-0.25, -0.2) is 4.79 Å². The molecule has 0 aliphatic carbocycles. The van der Waals surface area contributed by atoms with E-state index in [1.807, 2.05) is 35.2 Å². The van der Waals surface area contributed by atoms with Gasteiger partial charge in [-0.15, -0.1) is 0 Å². The predicted molar refractivity (Wildman–Crippen MR) is 112 cm³/mol. The molecule has 0 atom stereocenters. The summed E-state index contributed by atoms with van der Waals surface area (Å²) < 4.78 is 5.22. The largest absolute Gasteiger partial charge is 0.449 e. The van der Waals surface area contributed by atoms with Gasteiger partial charge in [-0.2, -0.15) is 0 Å². The van der Waals surface area contributed by atoms with Gasteiger partial charge in [0.2, 0.25) is 0 Å². The second-order valence-electron chi connectivity index (χ2n) is 7.87. The third-order valence-electron chi connectivity index (χ3n) is 5.49. The smallest absolute Gasteiger partial charge is 0.411 e. The first-order valence-electron chi connectivity index (χ1n) is 11.2. The first kappa shape index (κ1) is 21.7. The molecule has 1 saturated heterocycles. The van der Waals surface area contributed by atoms with Crippen LogP contribution < -0.4 is 10.2 Å². The normalized spacial score (nSPS) is 14.8. The number of hydrogen-bond acceptors (Lipinski definition) is 2. The number of likely N-dealkylation sites (tertiary alicyclic amines) is 1. The molecule has 1 amide bonds. The summed E-state index contributed by atoms with van der Waals surface area (Å²) >= 11 is 0. The van der Waals surface area contributed by atoms with E-state index in [4.69, 9.17) is 4.74 Å². The lowest BCUT2D eigenvalue weighted by Crippen LogP contribution is -3.12. The van der Waals surface area contributed by atoms with Crippen LogP contribution in [0.3, 0.4) is 0 Å². The van der Waals surface area contributed by atoms with E-state index in [-0.39, 0.29) is 6.09 Å². The zero-order chi connectivity index (χ0) is 19.0. The molecule has 0 bridgehead atoms. The van der Waals surface area contributed by atoms with Crippen molar-refractivity contribution in [3.63, 3.8) is 0 Å². The molecule has 0 radical (unpaired) electrons. The van der Waals surface area contributed by atoms with Crippen molar-refractivity contribution >= 4 is 11.8 Å². The first-order valence-corrected chi connectivity index (χ1v) is 11.2. The van der Waals surface area contributed by atoms with Gasteiger partial charge in [-0.05, 0) is 50.7 Å². The number of nitrogens with one attached hydrogen (secondary N) is 2. The van der Waals surface area contributed by atoms with Crippen molar-refractivity contribution in [2.24, 2.45) is 0 Å². The number of ether oxygens (including phenoxy) is 1. The van der Waals surface area contributed by atoms with Gasteiger partial charge in [0.1, 0.15) is 0 Å². The summed E-state index contributed by atoms with van der Waals surface area (Å²) in [4.78, 5) is 13.5. The van der Waals surface area contributed by atoms with Gasteiger partial charge in [0.15, 0.2) is 0 Å². The molecule has 0 aromatic heterocycles. The maximum atomic E-state index is 11.6. The number of anilines is 1. The predicted octanol–water partition coefficient (Wildman–Crippen LogP) is 4.81. The molecule has 0 saturated carbocycles. The number of quaternary nitrogens is 1. The summed E-state index contributed by atoms with van der Waals surface area (Å²) in [5, 5.41) is 2.74. The van der Waals surface area contributed by atoms with E-state index in [2.05, 4.69) is 5.32 Å². The maximum absolute atomic E-state index is 11.6. The monoisotopic (exact) mass is 375 g/mol. The van der Waals surface area contributed by atoms with Crippen molar-refractivity contribution < 1.29 is 14.4 Å². The summed E-state index contributed by atoms with van der Waals surface area (Å²) in [5.41, 5.74) is 0.778. The average Bonchev–Trinajstić information content (AvgIpc) is 2.70. The Bertz CT molecular complexity index is 486. The Morgan fingerprint density at radius 1 is 0.815 bits per heavy atom. The van der Waals surface area contributed by atoms with E-state index < -0.39 is 0 Å². The number of hydrogen-bond donors (Lipinski definition) is 2. The molecule has 1 aliphatic rings. The highest BCUT2D eigenvalue weighted by atomic mass is 16.5. The van der Waals surface area contributed by atoms with Crippen molar-refractivity contribution in [1.29, 1.82) is 0 Å². The molecule has 152 valence electrons. The zero-order valence-corrected chi connectivity index (χ0v) is 17.0. The molecule has 4 nitrogen and oxygen atoms in total. The van der Waals surface area contributed by atoms with Gasteiger partial charge < -0.3 is 9.64 Å². The summed E-state index contributed by atoms with van der Waals surface area (Å²) in [7, 11) is 0. The first-order chi connectivity index (χ1) is 13.3. The van der Waals surface area contributed by atoms with Crippen molar-refractivity contribution in [2.45, 2.75) is 77.0 Å². The van der Waals surface area contributed by atoms with E-state index in [0.717, 1.165) is 18.5 Å². The highest BCUT2D eigenvalue weighted by molar-refractivity contribution is 5.84. The van der Waals surface area contributed by atoms with Crippen LogP contribution in [0.15, 0.2) is 30.3 Å². The average molecular weight is 376 g/mol. The number of carbonyl (C=O) groups excluding carboxylic acids is 1. The standard InChI is InChI=1S/C23H38N2O2/c26-23(24-22-16-10-8-11-17-22)27-21-15-7-5-3-1-2-4-6-12-18-25-19-13-9-14-20-25/h8,10-11,16-17H,1-7,9,12-15,18-21H2,(H,24,26)/p+1. The van der Waals surface area contributed by atoms with Crippen molar-refractivity contribution in [1.82, 2.24) is 0 Å². The number of rotatable bonds is 13. The molecule has 1 aromatic rings. The van der Waals surface area contributed by atoms with Gasteiger partial charge in [0.05, 0.1) is 26.2 Å². The number of piperidine rings is 1. The van der Waals surface area contributed by atoms with Gasteiger partial charge in [-0.1, -0.05) is 56.7 Å². The Labute approximate surface area is 165 Å². The highest BCUT2D eigenvalue weighted by Gasteiger charge is 2.12. The number of unbranched alkanes of at least 4 members (excludes halogenated alkanes) is 8. The van der Waals surface area contributed by atoms with Gasteiger partial charge in [0, 0.05) is 5.69 Å². The van der Waals surface area contributed by atoms with Crippen LogP contribution in [-0.4, -0.2) is 32.3 Å². The zero-order valence-electron chi connectivity index (χ0n) is 17.0. The molecular formula is C23H39N2O2+. The quantitative estimate of drug-likeness (QED) is 0.486. The Morgan fingerprint density at radius 3 is 2.07 bits per heavy atom. The van der Waals surface area contributed by atoms with Crippen LogP contribution in [-0.2, 0) is 4.74 Å². The number of para-hydroxylation sites is 1. The summed E-state index contributed by atoms with van der Waals surface area (Å²) in [5.74, 6) is 0. The molecular weight excluding hydrogens is 336 g/mol. The molecule has 2 N–H and O–H groups in total. The molecule has 1 heterocycles. The summed E-state index contributed by atoms with van der Waals surface area (Å²) in [6.07, 6.45) is 15.6. The minimum Gasteiger partial charge on any atom is -0.449 e. The fraction of sp³-hybridized carbons (Fsp3) is 0.696. The SMILES string of the molecule is O=C(Nc1ccccc1)OCCCCCCCCCCC[NH+]1CCCCC1. The maximum Gasteiger partial charge on any atom is 0.411 e. The van der Waals surface area contributed by atoms with Crippen LogP contribution in [0.5, 0.6) is 0 Å². The van der Waals surface area contributed by atoms with Crippen LogP contribution in [0.4, 0.5) is 10.5 Å². The minimum absolute atomic E-state index is 0.354. The molecule has 27 heavy (non-hydrogen) atoms. The molecule has 1 aliphatic heterocycles. The van der Waals surface area contributed by atoms with E-state index in [1.54, 1.807) is 0 Å². The topological polar surface area (TPSA) is 42.8 Å². The number of carbonyl (C=O) groups is 1. The third kappa shape index (κ3) is 11.0. The van der Waals surface area contributed by atoms with Gasteiger partial charge in [0.25, 0.3) is 0 Å². The van der Waals surface area contributed by atoms with Crippen LogP contribution in [0, 0.1) is 0 Å². The van der Waals surface area contributed by atoms with Crippen LogP contribution in [0.25, 0.3) is 0 Å². The Balaban J connectivity index is 1.30. The van der Waals surface area contributed by atoms with Crippen molar-refractivity contribution in [2.75, 3.05) is 31.6 Å². The van der Waals surface area contributed by atoms with E-state index in [1.165, 1.54) is 83.8 Å². The lowest BCUT2D eigenvalue weighted by molar-refractivity contribution is -0.905. The number of benzene rings is 1. The lowest BCUT2D eigenvalue weighted by atomic mass is 10.1. The fourth-order valence-electron chi connectivity index (χ4n) is 3.86. The van der Waals surface area contributed by atoms with Gasteiger partial charge in [-0.3, -0.25) is 5.32 Å². The minimum atomic E-state index is -0.354. The Morgan fingerprint density at radius 2 is 1.41 bits per heavy atom. The van der Waals surface area contributed by atoms with Crippen LogP contribution in [0.2, 0.25) is 0 Å². The second-order valence-corrected chi connectivity index (χ2v) is 7.87. The van der Waals surface area contributed by atoms with Crippen LogP contribution in [0.1, 0.15) is 77.0 Å². The van der Waals surface area contributed by atoms with Crippen LogP contribution >= 0.6 is 0 Å². The summed E-state index contributed by atoms with van der Waals surface area (Å²) in [6.45, 7) is 4.74. The highest BCUT2D eigenvalue weighted by Crippen LogP contribution is 2.10. The van der Waals surface area contributed by atoms with E-state index in [9.17, 15) is 4.79 Å². The van der Waals surface area contributed by atoms with E-state index in [0.29, 0.717) is 6.61 Å². The third-order valence-corrected chi connectivity index (χ3v) is 5.49. The van der Waals surface area contributed by atoms with E-state index >= 15 is 0 Å². The molecule has 1 fully saturated rings. The molecule has 0 unspecified atom stereocenters. The molecule has 0 spiro atoms. The molecule has 2 rings (SSSR count). The summed E-state index contributed by atoms with van der Waals surface area (Å²) in [6, 6.07) is 9.43. The van der Waals surface area contributed by atoms with Gasteiger partial charge >= 0.3 is 6.09 Å². The second kappa shape index (κ2) is 14.5. The lowest BCUT2D eigenvalue weighted by Gasteiger charge is -2.23. The molecule has 1 aromatic carbocycles. The molecule has 4 heteroatoms. The van der Waals surface area contributed by atoms with Crippen molar-refractivity contribution in [3.05, 3.63) is 30.3 Å².